The van der Waals surface area contributed by atoms with Crippen molar-refractivity contribution in [2.45, 2.75) is 5.75 Å². The molecule has 1 N–H and O–H groups in total. The van der Waals surface area contributed by atoms with Crippen molar-refractivity contribution in [3.8, 4) is 0 Å². The van der Waals surface area contributed by atoms with Crippen LogP contribution in [0.25, 0.3) is 0 Å². The molecule has 0 aliphatic heterocycles. The third kappa shape index (κ3) is 4.98. The molecule has 1 aromatic heterocycles. The molecule has 0 aromatic carbocycles. The van der Waals surface area contributed by atoms with Crippen molar-refractivity contribution in [3.05, 3.63) is 18.4 Å². The zero-order chi connectivity index (χ0) is 11.1. The fraction of sp³-hybridized carbons (Fsp3) is 0.500. The van der Waals surface area contributed by atoms with Gasteiger partial charge in [-0.3, -0.25) is 4.31 Å². The van der Waals surface area contributed by atoms with Crippen molar-refractivity contribution >= 4 is 30.6 Å². The molecule has 0 unspecified atom stereocenters. The highest BCUT2D eigenvalue weighted by molar-refractivity contribution is 7.98. The first-order chi connectivity index (χ1) is 7.20. The van der Waals surface area contributed by atoms with Gasteiger partial charge in [-0.2, -0.15) is 11.8 Å². The van der Waals surface area contributed by atoms with Gasteiger partial charge in [0.2, 0.25) is 5.89 Å². The Morgan fingerprint density at radius 1 is 1.80 bits per heavy atom. The Bertz CT molecular complexity index is 290. The number of aromatic nitrogens is 1. The minimum absolute atomic E-state index is 0.199. The maximum Gasteiger partial charge on any atom is 0.326 e. The van der Waals surface area contributed by atoms with E-state index >= 15 is 0 Å². The summed E-state index contributed by atoms with van der Waals surface area (Å²) in [5.41, 5.74) is 0. The Morgan fingerprint density at radius 3 is 3.20 bits per heavy atom. The van der Waals surface area contributed by atoms with Crippen molar-refractivity contribution < 1.29 is 9.21 Å². The van der Waals surface area contributed by atoms with E-state index in [1.165, 1.54) is 4.31 Å². The molecule has 0 radical (unpaired) electrons. The SMILES string of the molecule is CN(S)C(=O)NCCSCc1ncco1. The number of carbonyl (C=O) groups excluding carboxylic acids is 1. The number of hydrogen-bond acceptors (Lipinski definition) is 5. The van der Waals surface area contributed by atoms with Crippen LogP contribution in [-0.2, 0) is 5.75 Å². The van der Waals surface area contributed by atoms with Gasteiger partial charge in [-0.15, -0.1) is 0 Å². The molecule has 7 heteroatoms. The second-order valence-electron chi connectivity index (χ2n) is 2.73. The number of rotatable bonds is 5. The van der Waals surface area contributed by atoms with Gasteiger partial charge in [0.15, 0.2) is 0 Å². The molecule has 0 aliphatic carbocycles. The lowest BCUT2D eigenvalue weighted by molar-refractivity contribution is 0.231. The lowest BCUT2D eigenvalue weighted by Crippen LogP contribution is -2.32. The van der Waals surface area contributed by atoms with Crippen LogP contribution in [0.1, 0.15) is 5.89 Å². The van der Waals surface area contributed by atoms with Crippen LogP contribution in [-0.4, -0.2) is 34.7 Å². The molecule has 0 aliphatic rings. The number of oxazole rings is 1. The maximum absolute atomic E-state index is 11.0. The molecule has 0 spiro atoms. The van der Waals surface area contributed by atoms with Crippen molar-refractivity contribution in [1.82, 2.24) is 14.6 Å². The van der Waals surface area contributed by atoms with E-state index in [0.717, 1.165) is 11.5 Å². The molecular formula is C8H13N3O2S2. The average Bonchev–Trinajstić information content (AvgIpc) is 2.69. The summed E-state index contributed by atoms with van der Waals surface area (Å²) in [4.78, 5) is 15.0. The van der Waals surface area contributed by atoms with Crippen LogP contribution >= 0.6 is 24.6 Å². The van der Waals surface area contributed by atoms with Gasteiger partial charge in [-0.05, 0) is 0 Å². The molecule has 2 amide bonds. The maximum atomic E-state index is 11.0. The van der Waals surface area contributed by atoms with Crippen LogP contribution in [0.2, 0.25) is 0 Å². The highest BCUT2D eigenvalue weighted by Crippen LogP contribution is 2.08. The Morgan fingerprint density at radius 2 is 2.60 bits per heavy atom. The number of hydrogen-bond donors (Lipinski definition) is 2. The minimum Gasteiger partial charge on any atom is -0.448 e. The normalized spacial score (nSPS) is 10.0. The van der Waals surface area contributed by atoms with Crippen molar-refractivity contribution in [2.75, 3.05) is 19.3 Å². The highest BCUT2D eigenvalue weighted by Gasteiger charge is 2.02. The van der Waals surface area contributed by atoms with Gasteiger partial charge in [0.25, 0.3) is 0 Å². The Balaban J connectivity index is 2.00. The predicted octanol–water partition coefficient (Wildman–Crippen LogP) is 1.39. The number of thioether (sulfide) groups is 1. The predicted molar refractivity (Wildman–Crippen MR) is 62.8 cm³/mol. The molecule has 1 heterocycles. The highest BCUT2D eigenvalue weighted by atomic mass is 32.2. The molecule has 1 aromatic rings. The minimum atomic E-state index is -0.199. The Hall–Kier alpha value is -0.820. The topological polar surface area (TPSA) is 58.4 Å². The van der Waals surface area contributed by atoms with Gasteiger partial charge < -0.3 is 9.73 Å². The smallest absolute Gasteiger partial charge is 0.326 e. The molecule has 5 nitrogen and oxygen atoms in total. The second-order valence-corrected chi connectivity index (χ2v) is 4.44. The van der Waals surface area contributed by atoms with Gasteiger partial charge >= 0.3 is 6.03 Å². The molecular weight excluding hydrogens is 234 g/mol. The van der Waals surface area contributed by atoms with Crippen LogP contribution in [0.15, 0.2) is 16.9 Å². The van der Waals surface area contributed by atoms with Crippen LogP contribution in [0.4, 0.5) is 4.79 Å². The van der Waals surface area contributed by atoms with E-state index in [0.29, 0.717) is 12.4 Å². The van der Waals surface area contributed by atoms with Crippen molar-refractivity contribution in [1.29, 1.82) is 0 Å². The molecule has 15 heavy (non-hydrogen) atoms. The summed E-state index contributed by atoms with van der Waals surface area (Å²) < 4.78 is 6.27. The van der Waals surface area contributed by atoms with E-state index in [2.05, 4.69) is 23.1 Å². The third-order valence-electron chi connectivity index (χ3n) is 1.53. The molecule has 0 saturated carbocycles. The lowest BCUT2D eigenvalue weighted by atomic mass is 10.7. The van der Waals surface area contributed by atoms with E-state index in [9.17, 15) is 4.79 Å². The van der Waals surface area contributed by atoms with Gasteiger partial charge in [-0.1, -0.05) is 12.8 Å². The summed E-state index contributed by atoms with van der Waals surface area (Å²) in [5.74, 6) is 2.24. The summed E-state index contributed by atoms with van der Waals surface area (Å²) in [5, 5.41) is 2.70. The molecule has 0 fully saturated rings. The first kappa shape index (κ1) is 12.3. The molecule has 0 bridgehead atoms. The molecule has 1 rings (SSSR count). The molecule has 84 valence electrons. The number of thiol groups is 1. The number of nitrogens with one attached hydrogen (secondary N) is 1. The monoisotopic (exact) mass is 247 g/mol. The number of urea groups is 1. The zero-order valence-electron chi connectivity index (χ0n) is 8.34. The number of amides is 2. The second kappa shape index (κ2) is 6.62. The molecule has 0 saturated heterocycles. The summed E-state index contributed by atoms with van der Waals surface area (Å²) in [6, 6.07) is -0.199. The van der Waals surface area contributed by atoms with Crippen LogP contribution < -0.4 is 5.32 Å². The van der Waals surface area contributed by atoms with Gasteiger partial charge in [-0.25, -0.2) is 9.78 Å². The summed E-state index contributed by atoms with van der Waals surface area (Å²) >= 11 is 5.51. The fourth-order valence-electron chi connectivity index (χ4n) is 0.828. The fourth-order valence-corrected chi connectivity index (χ4v) is 1.61. The van der Waals surface area contributed by atoms with Gasteiger partial charge in [0.1, 0.15) is 6.26 Å². The number of carbonyl (C=O) groups is 1. The van der Waals surface area contributed by atoms with E-state index in [1.54, 1.807) is 31.3 Å². The average molecular weight is 247 g/mol. The van der Waals surface area contributed by atoms with Crippen LogP contribution in [0.3, 0.4) is 0 Å². The van der Waals surface area contributed by atoms with Gasteiger partial charge in [0, 0.05) is 19.3 Å². The first-order valence-electron chi connectivity index (χ1n) is 4.36. The zero-order valence-corrected chi connectivity index (χ0v) is 10.1. The molecule has 0 atom stereocenters. The largest absolute Gasteiger partial charge is 0.448 e. The summed E-state index contributed by atoms with van der Waals surface area (Å²) in [6.07, 6.45) is 3.17. The standard InChI is InChI=1S/C8H13N3O2S2/c1-11(14)8(12)10-3-5-15-6-7-9-2-4-13-7/h2,4,14H,3,5-6H2,1H3,(H,10,12). The summed E-state index contributed by atoms with van der Waals surface area (Å²) in [6.45, 7) is 0.606. The van der Waals surface area contributed by atoms with E-state index in [4.69, 9.17) is 4.42 Å². The Kier molecular flexibility index (Phi) is 5.41. The van der Waals surface area contributed by atoms with E-state index < -0.39 is 0 Å². The van der Waals surface area contributed by atoms with E-state index in [-0.39, 0.29) is 6.03 Å². The van der Waals surface area contributed by atoms with Crippen LogP contribution in [0, 0.1) is 0 Å². The van der Waals surface area contributed by atoms with E-state index in [1.807, 2.05) is 0 Å². The summed E-state index contributed by atoms with van der Waals surface area (Å²) in [7, 11) is 1.58. The van der Waals surface area contributed by atoms with Crippen LogP contribution in [0.5, 0.6) is 0 Å². The van der Waals surface area contributed by atoms with Crippen molar-refractivity contribution in [3.63, 3.8) is 0 Å². The van der Waals surface area contributed by atoms with Gasteiger partial charge in [0.05, 0.1) is 11.9 Å². The van der Waals surface area contributed by atoms with Crippen molar-refractivity contribution in [2.24, 2.45) is 0 Å². The first-order valence-corrected chi connectivity index (χ1v) is 5.92. The number of nitrogens with zero attached hydrogens (tertiary/aromatic N) is 2. The Labute approximate surface area is 98.2 Å². The third-order valence-corrected chi connectivity index (χ3v) is 2.65. The lowest BCUT2D eigenvalue weighted by Gasteiger charge is -2.09. The quantitative estimate of drug-likeness (QED) is 0.610.